The number of carbonyl (C=O) groups excluding carboxylic acids is 5. The molecule has 3 aromatic carbocycles. The van der Waals surface area contributed by atoms with Crippen LogP contribution in [0.25, 0.3) is 10.2 Å². The number of carbonyl (C=O) groups is 5. The quantitative estimate of drug-likeness (QED) is 0.0573. The van der Waals surface area contributed by atoms with Gasteiger partial charge in [-0.25, -0.2) is 4.98 Å². The molecule has 54 heavy (non-hydrogen) atoms. The Hall–Kier alpha value is -5.83. The molecule has 14 nitrogen and oxygen atoms in total. The number of rotatable bonds is 11. The van der Waals surface area contributed by atoms with Crippen LogP contribution in [-0.2, 0) is 32.0 Å². The summed E-state index contributed by atoms with van der Waals surface area (Å²) in [7, 11) is 0. The third-order valence-electron chi connectivity index (χ3n) is 8.69. The molecule has 8 N–H and O–H groups in total. The number of guanidine groups is 1. The fraction of sp³-hybridized carbons (Fsp3) is 0.359. The van der Waals surface area contributed by atoms with Crippen molar-refractivity contribution in [3.05, 3.63) is 88.9 Å². The molecule has 4 aromatic rings. The molecule has 0 aliphatic carbocycles. The number of thiazole rings is 1. The molecule has 4 amide bonds. The minimum Gasteiger partial charge on any atom is -0.457 e. The van der Waals surface area contributed by atoms with E-state index in [0.29, 0.717) is 29.0 Å². The fourth-order valence-corrected chi connectivity index (χ4v) is 7.08. The average molecular weight is 755 g/mol. The van der Waals surface area contributed by atoms with Crippen LogP contribution in [0.5, 0.6) is 11.5 Å². The van der Waals surface area contributed by atoms with Crippen molar-refractivity contribution < 1.29 is 28.7 Å². The van der Waals surface area contributed by atoms with Crippen molar-refractivity contribution in [3.63, 3.8) is 0 Å². The second kappa shape index (κ2) is 18.3. The minimum atomic E-state index is -1.16. The summed E-state index contributed by atoms with van der Waals surface area (Å²) in [6.07, 6.45) is 1.01. The molecular weight excluding hydrogens is 709 g/mol. The maximum absolute atomic E-state index is 14.2. The number of Topliss-reactive ketones (excluding diaryl/α,β-unsaturated/α-hetero) is 1. The van der Waals surface area contributed by atoms with Gasteiger partial charge in [0.1, 0.15) is 29.6 Å². The van der Waals surface area contributed by atoms with Gasteiger partial charge in [0.05, 0.1) is 16.3 Å². The van der Waals surface area contributed by atoms with E-state index in [0.717, 1.165) is 10.3 Å². The zero-order chi connectivity index (χ0) is 38.8. The zero-order valence-electron chi connectivity index (χ0n) is 30.5. The highest BCUT2D eigenvalue weighted by molar-refractivity contribution is 7.20. The number of aliphatic imine (C=N–C) groups is 1. The topological polar surface area (TPSA) is 220 Å². The highest BCUT2D eigenvalue weighted by atomic mass is 32.1. The molecular formula is C39H46N8O6S. The number of amides is 4. The molecule has 0 unspecified atom stereocenters. The minimum absolute atomic E-state index is 0.0240. The predicted molar refractivity (Wildman–Crippen MR) is 207 cm³/mol. The number of ether oxygens (including phenoxy) is 1. The number of ketones is 1. The van der Waals surface area contributed by atoms with Crippen LogP contribution >= 0.6 is 11.3 Å². The van der Waals surface area contributed by atoms with Gasteiger partial charge < -0.3 is 37.5 Å². The predicted octanol–water partition coefficient (Wildman–Crippen LogP) is 3.13. The molecule has 4 atom stereocenters. The van der Waals surface area contributed by atoms with Crippen LogP contribution in [-0.4, -0.2) is 71.1 Å². The molecule has 0 saturated heterocycles. The van der Waals surface area contributed by atoms with Gasteiger partial charge in [0.2, 0.25) is 29.4 Å². The van der Waals surface area contributed by atoms with Gasteiger partial charge in [-0.3, -0.25) is 29.0 Å². The van der Waals surface area contributed by atoms with Crippen LogP contribution in [0.1, 0.15) is 61.0 Å². The van der Waals surface area contributed by atoms with E-state index >= 15 is 0 Å². The molecule has 0 radical (unpaired) electrons. The smallest absolute Gasteiger partial charge is 0.243 e. The molecule has 0 fully saturated rings. The second-order valence-corrected chi connectivity index (χ2v) is 14.7. The molecule has 1 aromatic heterocycles. The highest BCUT2D eigenvalue weighted by Gasteiger charge is 2.33. The molecule has 0 saturated carbocycles. The third kappa shape index (κ3) is 11.1. The second-order valence-electron chi connectivity index (χ2n) is 13.7. The van der Waals surface area contributed by atoms with Crippen molar-refractivity contribution in [3.8, 4) is 11.5 Å². The Balaban J connectivity index is 1.47. The Morgan fingerprint density at radius 2 is 1.70 bits per heavy atom. The van der Waals surface area contributed by atoms with Gasteiger partial charge in [-0.2, -0.15) is 0 Å². The van der Waals surface area contributed by atoms with E-state index in [1.165, 1.54) is 18.3 Å². The lowest BCUT2D eigenvalue weighted by Crippen LogP contribution is -2.58. The maximum atomic E-state index is 14.2. The first-order valence-corrected chi connectivity index (χ1v) is 18.7. The van der Waals surface area contributed by atoms with Crippen LogP contribution in [0, 0.1) is 5.92 Å². The van der Waals surface area contributed by atoms with Crippen LogP contribution in [0.3, 0.4) is 0 Å². The SMILES string of the molecule is CC(=O)N[C@H]1Cc2cccc(c2)Oc2ccc(cc2)C[C@@H](C(=O)N[C@@H](CCCN=C(N)N)C(=O)c2nc3ccccc3s2)NC(=O)[C@H](CC(C)C)NC1=O. The Morgan fingerprint density at radius 3 is 2.41 bits per heavy atom. The highest BCUT2D eigenvalue weighted by Crippen LogP contribution is 2.25. The Kier molecular flexibility index (Phi) is 13.3. The molecule has 284 valence electrons. The fourth-order valence-electron chi connectivity index (χ4n) is 6.12. The summed E-state index contributed by atoms with van der Waals surface area (Å²) in [4.78, 5) is 76.7. The number of aromatic nitrogens is 1. The van der Waals surface area contributed by atoms with Crippen LogP contribution in [0.15, 0.2) is 77.8 Å². The molecule has 2 aliphatic heterocycles. The van der Waals surface area contributed by atoms with Crippen molar-refractivity contribution in [2.45, 2.75) is 77.0 Å². The van der Waals surface area contributed by atoms with Crippen molar-refractivity contribution in [1.82, 2.24) is 26.3 Å². The summed E-state index contributed by atoms with van der Waals surface area (Å²) in [6, 6.07) is 17.4. The van der Waals surface area contributed by atoms with Gasteiger partial charge in [0.15, 0.2) is 11.0 Å². The van der Waals surface area contributed by atoms with E-state index in [9.17, 15) is 24.0 Å². The molecule has 0 spiro atoms. The maximum Gasteiger partial charge on any atom is 0.243 e. The number of fused-ring (bicyclic) bond motifs is 11. The first-order chi connectivity index (χ1) is 25.8. The van der Waals surface area contributed by atoms with Crippen molar-refractivity contribution in [1.29, 1.82) is 0 Å². The number of nitrogens with zero attached hydrogens (tertiary/aromatic N) is 2. The van der Waals surface area contributed by atoms with E-state index in [2.05, 4.69) is 31.2 Å². The first kappa shape index (κ1) is 39.4. The number of nitrogens with one attached hydrogen (secondary N) is 4. The lowest BCUT2D eigenvalue weighted by molar-refractivity contribution is -0.133. The summed E-state index contributed by atoms with van der Waals surface area (Å²) in [5.41, 5.74) is 13.1. The lowest BCUT2D eigenvalue weighted by atomic mass is 9.99. The number of benzene rings is 3. The van der Waals surface area contributed by atoms with Gasteiger partial charge in [-0.15, -0.1) is 11.3 Å². The lowest BCUT2D eigenvalue weighted by Gasteiger charge is -2.27. The number of para-hydroxylation sites is 1. The van der Waals surface area contributed by atoms with Crippen molar-refractivity contribution >= 4 is 56.9 Å². The van der Waals surface area contributed by atoms with Gasteiger partial charge in [-0.05, 0) is 72.7 Å². The van der Waals surface area contributed by atoms with Gasteiger partial charge in [0.25, 0.3) is 0 Å². The van der Waals surface area contributed by atoms with Crippen LogP contribution < -0.4 is 37.5 Å². The first-order valence-electron chi connectivity index (χ1n) is 17.8. The van der Waals surface area contributed by atoms with E-state index in [1.807, 2.05) is 44.2 Å². The third-order valence-corrected chi connectivity index (χ3v) is 9.74. The Morgan fingerprint density at radius 1 is 0.944 bits per heavy atom. The number of nitrogens with two attached hydrogens (primary N) is 2. The summed E-state index contributed by atoms with van der Waals surface area (Å²) in [6.45, 7) is 5.36. The normalized spacial score (nSPS) is 18.1. The van der Waals surface area contributed by atoms with E-state index in [-0.39, 0.29) is 54.9 Å². The monoisotopic (exact) mass is 754 g/mol. The van der Waals surface area contributed by atoms with E-state index in [1.54, 1.807) is 42.5 Å². The summed E-state index contributed by atoms with van der Waals surface area (Å²) in [5.74, 6) is -1.61. The van der Waals surface area contributed by atoms with Crippen LogP contribution in [0.2, 0.25) is 0 Å². The number of hydrogen-bond donors (Lipinski definition) is 6. The summed E-state index contributed by atoms with van der Waals surface area (Å²) >= 11 is 1.23. The molecule has 2 aliphatic rings. The van der Waals surface area contributed by atoms with E-state index < -0.39 is 47.8 Å². The summed E-state index contributed by atoms with van der Waals surface area (Å²) < 4.78 is 6.92. The van der Waals surface area contributed by atoms with Crippen molar-refractivity contribution in [2.75, 3.05) is 6.54 Å². The standard InChI is InChI=1S/C39H46N8O6S/c1-22(2)18-30-35(50)46-32(37(52)44-29(11-7-17-42-39(40)41)34(49)38-47-28-10-4-5-12-33(28)54-38)20-24-13-15-26(16-14-24)53-27-9-6-8-25(19-27)21-31(36(51)45-30)43-23(3)48/h4-6,8-10,12-16,19,22,29-32H,7,11,17-18,20-21H2,1-3H3,(H,43,48)(H,44,52)(H,45,51)(H,46,50)(H4,40,41,42)/t29-,30-,31-,32-/m0/s1. The molecule has 15 heteroatoms. The van der Waals surface area contributed by atoms with Gasteiger partial charge >= 0.3 is 0 Å². The van der Waals surface area contributed by atoms with Crippen molar-refractivity contribution in [2.24, 2.45) is 22.4 Å². The van der Waals surface area contributed by atoms with E-state index in [4.69, 9.17) is 16.2 Å². The summed E-state index contributed by atoms with van der Waals surface area (Å²) in [5, 5.41) is 11.5. The number of hydrogen-bond acceptors (Lipinski definition) is 9. The average Bonchev–Trinajstić information content (AvgIpc) is 3.56. The van der Waals surface area contributed by atoms with Crippen LogP contribution in [0.4, 0.5) is 0 Å². The molecule has 3 heterocycles. The molecule has 6 rings (SSSR count). The Bertz CT molecular complexity index is 1980. The molecule has 4 bridgehead atoms. The largest absolute Gasteiger partial charge is 0.457 e. The Labute approximate surface area is 317 Å². The zero-order valence-corrected chi connectivity index (χ0v) is 31.3. The van der Waals surface area contributed by atoms with Gasteiger partial charge in [0, 0.05) is 26.3 Å². The van der Waals surface area contributed by atoms with Gasteiger partial charge in [-0.1, -0.05) is 50.2 Å².